The van der Waals surface area contributed by atoms with Crippen LogP contribution >= 0.6 is 0 Å². The summed E-state index contributed by atoms with van der Waals surface area (Å²) in [7, 11) is 1.66. The summed E-state index contributed by atoms with van der Waals surface area (Å²) in [6.45, 7) is 9.62. The van der Waals surface area contributed by atoms with Gasteiger partial charge in [-0.3, -0.25) is 0 Å². The average molecular weight is 481 g/mol. The molecule has 1 saturated heterocycles. The maximum atomic E-state index is 9.82. The molecule has 5 heteroatoms. The second kappa shape index (κ2) is 13.6. The summed E-state index contributed by atoms with van der Waals surface area (Å²) in [6.07, 6.45) is 5.99. The summed E-state index contributed by atoms with van der Waals surface area (Å²) in [5.74, 6) is 1.24. The third-order valence-electron chi connectivity index (χ3n) is 6.47. The van der Waals surface area contributed by atoms with Crippen LogP contribution in [-0.2, 0) is 20.8 Å². The van der Waals surface area contributed by atoms with Gasteiger partial charge < -0.3 is 24.1 Å². The number of aliphatic hydroxyl groups is 1. The highest BCUT2D eigenvalue weighted by Gasteiger charge is 2.28. The molecule has 2 aromatic rings. The first-order valence-corrected chi connectivity index (χ1v) is 12.4. The molecule has 0 radical (unpaired) electrons. The molecule has 1 aliphatic rings. The molecule has 35 heavy (non-hydrogen) atoms. The van der Waals surface area contributed by atoms with E-state index in [0.717, 1.165) is 22.4 Å². The van der Waals surface area contributed by atoms with Gasteiger partial charge in [-0.15, -0.1) is 0 Å². The molecule has 1 N–H and O–H groups in total. The SMILES string of the molecule is COc1ccc(CO[C@@H]([C@H](C)/C=C(C)/C=C/[C@@H]2O[C@H](c3ccccc3)OC[C@H]2C)[C@@H](C)CO)cc1. The van der Waals surface area contributed by atoms with E-state index in [1.165, 1.54) is 0 Å². The molecular formula is C30H40O5. The van der Waals surface area contributed by atoms with Crippen molar-refractivity contribution in [1.29, 1.82) is 0 Å². The predicted octanol–water partition coefficient (Wildman–Crippen LogP) is 6.10. The average Bonchev–Trinajstić information content (AvgIpc) is 2.89. The van der Waals surface area contributed by atoms with E-state index in [-0.39, 0.29) is 42.9 Å². The van der Waals surface area contributed by atoms with Crippen LogP contribution in [0.2, 0.25) is 0 Å². The second-order valence-electron chi connectivity index (χ2n) is 9.57. The first-order valence-electron chi connectivity index (χ1n) is 12.4. The van der Waals surface area contributed by atoms with Gasteiger partial charge in [-0.25, -0.2) is 0 Å². The lowest BCUT2D eigenvalue weighted by Crippen LogP contribution is -2.33. The third kappa shape index (κ3) is 8.04. The van der Waals surface area contributed by atoms with Crippen molar-refractivity contribution >= 4 is 0 Å². The number of aliphatic hydroxyl groups excluding tert-OH is 1. The van der Waals surface area contributed by atoms with Crippen LogP contribution in [0.5, 0.6) is 5.75 Å². The van der Waals surface area contributed by atoms with Crippen LogP contribution in [0.1, 0.15) is 45.1 Å². The van der Waals surface area contributed by atoms with Crippen LogP contribution < -0.4 is 4.74 Å². The molecular weight excluding hydrogens is 440 g/mol. The number of ether oxygens (including phenoxy) is 4. The van der Waals surface area contributed by atoms with E-state index in [0.29, 0.717) is 13.2 Å². The van der Waals surface area contributed by atoms with Crippen molar-refractivity contribution in [2.75, 3.05) is 20.3 Å². The molecule has 0 spiro atoms. The smallest absolute Gasteiger partial charge is 0.184 e. The molecule has 0 aromatic heterocycles. The van der Waals surface area contributed by atoms with E-state index in [2.05, 4.69) is 39.0 Å². The van der Waals surface area contributed by atoms with Gasteiger partial charge in [0.05, 0.1) is 32.5 Å². The fourth-order valence-corrected chi connectivity index (χ4v) is 4.33. The van der Waals surface area contributed by atoms with Crippen LogP contribution in [0.3, 0.4) is 0 Å². The largest absolute Gasteiger partial charge is 0.497 e. The Balaban J connectivity index is 1.62. The van der Waals surface area contributed by atoms with Gasteiger partial charge in [0.2, 0.25) is 0 Å². The van der Waals surface area contributed by atoms with Crippen molar-refractivity contribution in [2.45, 2.75) is 52.8 Å². The van der Waals surface area contributed by atoms with Gasteiger partial charge >= 0.3 is 0 Å². The van der Waals surface area contributed by atoms with Gasteiger partial charge in [0, 0.05) is 29.9 Å². The van der Waals surface area contributed by atoms with Crippen molar-refractivity contribution in [3.63, 3.8) is 0 Å². The quantitative estimate of drug-likeness (QED) is 0.394. The highest BCUT2D eigenvalue weighted by molar-refractivity contribution is 5.26. The lowest BCUT2D eigenvalue weighted by molar-refractivity contribution is -0.225. The van der Waals surface area contributed by atoms with Crippen molar-refractivity contribution in [1.82, 2.24) is 0 Å². The summed E-state index contributed by atoms with van der Waals surface area (Å²) in [5, 5.41) is 9.82. The monoisotopic (exact) mass is 480 g/mol. The normalized spacial score (nSPS) is 23.7. The standard InChI is InChI=1S/C30H40O5/c1-21(11-16-28-24(4)19-34-30(35-28)26-9-7-6-8-10-26)17-22(2)29(23(3)18-31)33-20-25-12-14-27(32-5)15-13-25/h6-17,22-24,28-31H,18-20H2,1-5H3/b16-11+,21-17+/t22-,23+,24-,28+,29+,30-/m1/s1. The minimum atomic E-state index is -0.341. The van der Waals surface area contributed by atoms with Crippen molar-refractivity contribution in [2.24, 2.45) is 17.8 Å². The summed E-state index contributed by atoms with van der Waals surface area (Å²) < 4.78 is 23.7. The molecule has 0 saturated carbocycles. The van der Waals surface area contributed by atoms with Gasteiger partial charge in [0.25, 0.3) is 0 Å². The first kappa shape index (κ1) is 27.2. The lowest BCUT2D eigenvalue weighted by Gasteiger charge is -2.33. The summed E-state index contributed by atoms with van der Waals surface area (Å²) in [5.41, 5.74) is 3.25. The Morgan fingerprint density at radius 1 is 1.11 bits per heavy atom. The highest BCUT2D eigenvalue weighted by Crippen LogP contribution is 2.30. The van der Waals surface area contributed by atoms with Crippen LogP contribution in [0.4, 0.5) is 0 Å². The maximum Gasteiger partial charge on any atom is 0.184 e. The Morgan fingerprint density at radius 3 is 2.49 bits per heavy atom. The topological polar surface area (TPSA) is 57.2 Å². The predicted molar refractivity (Wildman–Crippen MR) is 139 cm³/mol. The number of methoxy groups -OCH3 is 1. The van der Waals surface area contributed by atoms with E-state index in [1.807, 2.05) is 61.5 Å². The van der Waals surface area contributed by atoms with Crippen LogP contribution in [-0.4, -0.2) is 37.6 Å². The Kier molecular flexibility index (Phi) is 10.5. The zero-order valence-corrected chi connectivity index (χ0v) is 21.6. The van der Waals surface area contributed by atoms with E-state index in [4.69, 9.17) is 18.9 Å². The van der Waals surface area contributed by atoms with Crippen LogP contribution in [0.25, 0.3) is 0 Å². The molecule has 190 valence electrons. The lowest BCUT2D eigenvalue weighted by atomic mass is 9.91. The number of benzene rings is 2. The highest BCUT2D eigenvalue weighted by atomic mass is 16.7. The number of rotatable bonds is 11. The molecule has 5 nitrogen and oxygen atoms in total. The first-order chi connectivity index (χ1) is 16.9. The molecule has 0 amide bonds. The molecule has 3 rings (SSSR count). The third-order valence-corrected chi connectivity index (χ3v) is 6.47. The van der Waals surface area contributed by atoms with Crippen molar-refractivity contribution in [3.05, 3.63) is 89.5 Å². The molecule has 0 unspecified atom stereocenters. The van der Waals surface area contributed by atoms with Crippen LogP contribution in [0, 0.1) is 17.8 Å². The summed E-state index contributed by atoms with van der Waals surface area (Å²) in [6, 6.07) is 17.9. The Bertz CT molecular complexity index is 937. The van der Waals surface area contributed by atoms with Gasteiger partial charge in [0.15, 0.2) is 6.29 Å². The van der Waals surface area contributed by atoms with E-state index >= 15 is 0 Å². The van der Waals surface area contributed by atoms with Crippen molar-refractivity contribution in [3.8, 4) is 5.75 Å². The van der Waals surface area contributed by atoms with Crippen LogP contribution in [0.15, 0.2) is 78.4 Å². The minimum absolute atomic E-state index is 0.0155. The maximum absolute atomic E-state index is 9.82. The summed E-state index contributed by atoms with van der Waals surface area (Å²) >= 11 is 0. The minimum Gasteiger partial charge on any atom is -0.497 e. The molecule has 6 atom stereocenters. The molecule has 1 heterocycles. The fraction of sp³-hybridized carbons (Fsp3) is 0.467. The number of hydrogen-bond donors (Lipinski definition) is 1. The second-order valence-corrected chi connectivity index (χ2v) is 9.57. The molecule has 1 fully saturated rings. The van der Waals surface area contributed by atoms with E-state index in [1.54, 1.807) is 7.11 Å². The number of allylic oxidation sites excluding steroid dienone is 2. The van der Waals surface area contributed by atoms with Gasteiger partial charge in [-0.05, 0) is 24.6 Å². The fourth-order valence-electron chi connectivity index (χ4n) is 4.33. The zero-order valence-electron chi connectivity index (χ0n) is 21.6. The zero-order chi connectivity index (χ0) is 25.2. The molecule has 0 bridgehead atoms. The van der Waals surface area contributed by atoms with Gasteiger partial charge in [-0.2, -0.15) is 0 Å². The summed E-state index contributed by atoms with van der Waals surface area (Å²) in [4.78, 5) is 0. The Morgan fingerprint density at radius 2 is 1.83 bits per heavy atom. The molecule has 0 aliphatic carbocycles. The van der Waals surface area contributed by atoms with Crippen molar-refractivity contribution < 1.29 is 24.1 Å². The van der Waals surface area contributed by atoms with Gasteiger partial charge in [-0.1, -0.05) is 87.0 Å². The van der Waals surface area contributed by atoms with Gasteiger partial charge in [0.1, 0.15) is 5.75 Å². The van der Waals surface area contributed by atoms with E-state index < -0.39 is 0 Å². The van der Waals surface area contributed by atoms with E-state index in [9.17, 15) is 5.11 Å². The Labute approximate surface area is 210 Å². The Hall–Kier alpha value is -2.44. The molecule has 1 aliphatic heterocycles. The number of hydrogen-bond acceptors (Lipinski definition) is 5. The molecule has 2 aromatic carbocycles.